The summed E-state index contributed by atoms with van der Waals surface area (Å²) in [6, 6.07) is 4.00. The molecule has 2 rings (SSSR count). The Balaban J connectivity index is 2.42. The van der Waals surface area contributed by atoms with Crippen LogP contribution < -0.4 is 0 Å². The Bertz CT molecular complexity index is 548. The van der Waals surface area contributed by atoms with Gasteiger partial charge in [0.05, 0.1) is 4.90 Å². The predicted octanol–water partition coefficient (Wildman–Crippen LogP) is 2.70. The molecule has 1 aliphatic rings. The fourth-order valence-electron chi connectivity index (χ4n) is 2.12. The number of hydrogen-bond donors (Lipinski definition) is 0. The average molecular weight is 271 g/mol. The highest BCUT2D eigenvalue weighted by molar-refractivity contribution is 7.89. The van der Waals surface area contributed by atoms with Crippen LogP contribution in [-0.2, 0) is 10.0 Å². The molecule has 100 valence electrons. The Morgan fingerprint density at radius 3 is 2.39 bits per heavy atom. The van der Waals surface area contributed by atoms with Gasteiger partial charge in [0.15, 0.2) is 0 Å². The molecule has 3 nitrogen and oxygen atoms in total. The second-order valence-corrected chi connectivity index (χ2v) is 6.91. The van der Waals surface area contributed by atoms with E-state index in [2.05, 4.69) is 0 Å². The van der Waals surface area contributed by atoms with Crippen LogP contribution in [0.2, 0.25) is 0 Å². The highest BCUT2D eigenvalue weighted by Crippen LogP contribution is 2.34. The molecule has 0 spiro atoms. The summed E-state index contributed by atoms with van der Waals surface area (Å²) in [6.07, 6.45) is 1.83. The first kappa shape index (κ1) is 13.5. The molecule has 0 saturated heterocycles. The second-order valence-electron chi connectivity index (χ2n) is 5.07. The highest BCUT2D eigenvalue weighted by atomic mass is 32.2. The van der Waals surface area contributed by atoms with Gasteiger partial charge in [-0.15, -0.1) is 0 Å². The minimum atomic E-state index is -3.51. The van der Waals surface area contributed by atoms with E-state index in [0.29, 0.717) is 5.56 Å². The Morgan fingerprint density at radius 2 is 1.94 bits per heavy atom. The van der Waals surface area contributed by atoms with E-state index in [1.54, 1.807) is 11.2 Å². The van der Waals surface area contributed by atoms with Crippen LogP contribution in [0.3, 0.4) is 0 Å². The lowest BCUT2D eigenvalue weighted by molar-refractivity contribution is 0.346. The van der Waals surface area contributed by atoms with Gasteiger partial charge in [0.1, 0.15) is 5.82 Å². The van der Waals surface area contributed by atoms with E-state index in [-0.39, 0.29) is 22.8 Å². The standard InChI is InChI=1S/C13H18FNO2S/c1-9(2)15(11-4-5-11)18(16,17)12-6-7-13(14)10(3)8-12/h6-9,11H,4-5H2,1-3H3. The van der Waals surface area contributed by atoms with Crippen molar-refractivity contribution in [3.8, 4) is 0 Å². The zero-order valence-electron chi connectivity index (χ0n) is 10.9. The molecule has 0 radical (unpaired) electrons. The lowest BCUT2D eigenvalue weighted by atomic mass is 10.2. The minimum Gasteiger partial charge on any atom is -0.207 e. The Hall–Kier alpha value is -0.940. The molecule has 1 fully saturated rings. The Labute approximate surface area is 108 Å². The molecule has 1 aromatic rings. The second kappa shape index (κ2) is 4.63. The molecule has 0 bridgehead atoms. The van der Waals surface area contributed by atoms with Crippen LogP contribution in [0.1, 0.15) is 32.3 Å². The summed E-state index contributed by atoms with van der Waals surface area (Å²) in [5.74, 6) is -0.378. The van der Waals surface area contributed by atoms with Gasteiger partial charge < -0.3 is 0 Å². The van der Waals surface area contributed by atoms with Crippen molar-refractivity contribution < 1.29 is 12.8 Å². The number of halogens is 1. The molecular weight excluding hydrogens is 253 g/mol. The third-order valence-electron chi connectivity index (χ3n) is 3.12. The lowest BCUT2D eigenvalue weighted by Crippen LogP contribution is -2.38. The van der Waals surface area contributed by atoms with Crippen LogP contribution in [0, 0.1) is 12.7 Å². The van der Waals surface area contributed by atoms with Crippen molar-refractivity contribution in [3.05, 3.63) is 29.6 Å². The topological polar surface area (TPSA) is 37.4 Å². The normalized spacial score (nSPS) is 16.6. The molecule has 1 saturated carbocycles. The van der Waals surface area contributed by atoms with Gasteiger partial charge in [-0.05, 0) is 57.4 Å². The van der Waals surface area contributed by atoms with Crippen LogP contribution in [0.5, 0.6) is 0 Å². The van der Waals surface area contributed by atoms with Crippen LogP contribution in [0.25, 0.3) is 0 Å². The maximum Gasteiger partial charge on any atom is 0.243 e. The maximum absolute atomic E-state index is 13.2. The van der Waals surface area contributed by atoms with Crippen molar-refractivity contribution in [3.63, 3.8) is 0 Å². The molecule has 1 aliphatic carbocycles. The summed E-state index contributed by atoms with van der Waals surface area (Å²) in [6.45, 7) is 5.31. The van der Waals surface area contributed by atoms with E-state index in [0.717, 1.165) is 12.8 Å². The molecule has 0 amide bonds. The van der Waals surface area contributed by atoms with E-state index in [9.17, 15) is 12.8 Å². The van der Waals surface area contributed by atoms with Gasteiger partial charge in [-0.3, -0.25) is 0 Å². The minimum absolute atomic E-state index is 0.0761. The lowest BCUT2D eigenvalue weighted by Gasteiger charge is -2.25. The van der Waals surface area contributed by atoms with Gasteiger partial charge in [0.25, 0.3) is 0 Å². The van der Waals surface area contributed by atoms with Crippen LogP contribution in [0.4, 0.5) is 4.39 Å². The predicted molar refractivity (Wildman–Crippen MR) is 68.3 cm³/mol. The van der Waals surface area contributed by atoms with Crippen molar-refractivity contribution in [1.29, 1.82) is 0 Å². The third-order valence-corrected chi connectivity index (χ3v) is 5.25. The summed E-state index contributed by atoms with van der Waals surface area (Å²) in [4.78, 5) is 0.182. The zero-order valence-corrected chi connectivity index (χ0v) is 11.7. The van der Waals surface area contributed by atoms with Gasteiger partial charge in [-0.2, -0.15) is 4.31 Å². The summed E-state index contributed by atoms with van der Waals surface area (Å²) >= 11 is 0. The molecule has 0 aliphatic heterocycles. The van der Waals surface area contributed by atoms with E-state index in [1.165, 1.54) is 18.2 Å². The van der Waals surface area contributed by atoms with Gasteiger partial charge in [0, 0.05) is 12.1 Å². The molecular formula is C13H18FNO2S. The van der Waals surface area contributed by atoms with Crippen molar-refractivity contribution in [2.75, 3.05) is 0 Å². The molecule has 0 aromatic heterocycles. The molecule has 0 unspecified atom stereocenters. The smallest absolute Gasteiger partial charge is 0.207 e. The molecule has 5 heteroatoms. The number of rotatable bonds is 4. The van der Waals surface area contributed by atoms with Crippen molar-refractivity contribution in [1.82, 2.24) is 4.31 Å². The van der Waals surface area contributed by atoms with Gasteiger partial charge >= 0.3 is 0 Å². The summed E-state index contributed by atoms with van der Waals surface area (Å²) < 4.78 is 39.8. The van der Waals surface area contributed by atoms with Crippen molar-refractivity contribution >= 4 is 10.0 Å². The maximum atomic E-state index is 13.2. The summed E-state index contributed by atoms with van der Waals surface area (Å²) in [5.41, 5.74) is 0.357. The first-order valence-corrected chi connectivity index (χ1v) is 7.57. The summed E-state index contributed by atoms with van der Waals surface area (Å²) in [5, 5.41) is 0. The van der Waals surface area contributed by atoms with Crippen LogP contribution >= 0.6 is 0 Å². The molecule has 18 heavy (non-hydrogen) atoms. The number of sulfonamides is 1. The molecule has 1 aromatic carbocycles. The van der Waals surface area contributed by atoms with E-state index in [1.807, 2.05) is 13.8 Å². The largest absolute Gasteiger partial charge is 0.243 e. The number of hydrogen-bond acceptors (Lipinski definition) is 2. The van der Waals surface area contributed by atoms with Crippen molar-refractivity contribution in [2.24, 2.45) is 0 Å². The SMILES string of the molecule is Cc1cc(S(=O)(=O)N(C(C)C)C2CC2)ccc1F. The van der Waals surface area contributed by atoms with Gasteiger partial charge in [0.2, 0.25) is 10.0 Å². The average Bonchev–Trinajstić information content (AvgIpc) is 3.05. The zero-order chi connectivity index (χ0) is 13.5. The fraction of sp³-hybridized carbons (Fsp3) is 0.538. The van der Waals surface area contributed by atoms with E-state index >= 15 is 0 Å². The van der Waals surface area contributed by atoms with Crippen molar-refractivity contribution in [2.45, 2.75) is 50.6 Å². The Kier molecular flexibility index (Phi) is 3.47. The van der Waals surface area contributed by atoms with Crippen LogP contribution in [0.15, 0.2) is 23.1 Å². The molecule has 0 atom stereocenters. The number of benzene rings is 1. The third kappa shape index (κ3) is 2.42. The fourth-order valence-corrected chi connectivity index (χ4v) is 4.09. The summed E-state index contributed by atoms with van der Waals surface area (Å²) in [7, 11) is -3.51. The van der Waals surface area contributed by atoms with E-state index < -0.39 is 10.0 Å². The van der Waals surface area contributed by atoms with Gasteiger partial charge in [-0.25, -0.2) is 12.8 Å². The first-order chi connectivity index (χ1) is 8.34. The number of aryl methyl sites for hydroxylation is 1. The number of nitrogens with zero attached hydrogens (tertiary/aromatic N) is 1. The highest BCUT2D eigenvalue weighted by Gasteiger charge is 2.39. The first-order valence-electron chi connectivity index (χ1n) is 6.13. The molecule has 0 heterocycles. The monoisotopic (exact) mass is 271 g/mol. The molecule has 0 N–H and O–H groups in total. The Morgan fingerprint density at radius 1 is 1.33 bits per heavy atom. The van der Waals surface area contributed by atoms with E-state index in [4.69, 9.17) is 0 Å². The van der Waals surface area contributed by atoms with Crippen LogP contribution in [-0.4, -0.2) is 24.8 Å². The quantitative estimate of drug-likeness (QED) is 0.844. The van der Waals surface area contributed by atoms with Gasteiger partial charge in [-0.1, -0.05) is 0 Å².